The van der Waals surface area contributed by atoms with Gasteiger partial charge in [-0.05, 0) is 18.4 Å². The number of halogens is 1. The van der Waals surface area contributed by atoms with Gasteiger partial charge in [-0.1, -0.05) is 25.4 Å². The normalized spacial score (nSPS) is 10.5. The highest BCUT2D eigenvalue weighted by molar-refractivity contribution is 6.31. The van der Waals surface area contributed by atoms with Crippen LogP contribution in [0.3, 0.4) is 0 Å². The molecule has 0 N–H and O–H groups in total. The monoisotopic (exact) mass is 199 g/mol. The molecule has 0 aliphatic heterocycles. The van der Waals surface area contributed by atoms with Crippen LogP contribution in [-0.2, 0) is 0 Å². The van der Waals surface area contributed by atoms with E-state index in [1.54, 1.807) is 6.20 Å². The second-order valence-electron chi connectivity index (χ2n) is 3.48. The highest BCUT2D eigenvalue weighted by Gasteiger charge is 2.01. The van der Waals surface area contributed by atoms with Crippen molar-refractivity contribution in [1.82, 2.24) is 4.98 Å². The Hall–Kier alpha value is -0.760. The lowest BCUT2D eigenvalue weighted by molar-refractivity contribution is 0.261. The number of pyridine rings is 1. The molecule has 0 fully saturated rings. The Balaban J connectivity index is 2.63. The summed E-state index contributed by atoms with van der Waals surface area (Å²) in [6.07, 6.45) is 1.62. The third-order valence-corrected chi connectivity index (χ3v) is 1.98. The van der Waals surface area contributed by atoms with Crippen LogP contribution in [0.25, 0.3) is 0 Å². The van der Waals surface area contributed by atoms with Crippen LogP contribution in [0.15, 0.2) is 12.3 Å². The summed E-state index contributed by atoms with van der Waals surface area (Å²) in [4.78, 5) is 4.06. The summed E-state index contributed by atoms with van der Waals surface area (Å²) >= 11 is 5.83. The van der Waals surface area contributed by atoms with Crippen molar-refractivity contribution in [3.63, 3.8) is 0 Å². The number of aryl methyl sites for hydroxylation is 1. The lowest BCUT2D eigenvalue weighted by Crippen LogP contribution is -2.05. The van der Waals surface area contributed by atoms with Gasteiger partial charge in [0.2, 0.25) is 5.88 Å². The van der Waals surface area contributed by atoms with Gasteiger partial charge >= 0.3 is 0 Å². The van der Waals surface area contributed by atoms with Crippen LogP contribution in [0.1, 0.15) is 19.4 Å². The average molecular weight is 200 g/mol. The quantitative estimate of drug-likeness (QED) is 0.747. The van der Waals surface area contributed by atoms with E-state index < -0.39 is 0 Å². The second-order valence-corrected chi connectivity index (χ2v) is 3.88. The summed E-state index contributed by atoms with van der Waals surface area (Å²) in [5.41, 5.74) is 0.996. The van der Waals surface area contributed by atoms with Crippen molar-refractivity contribution >= 4 is 11.6 Å². The lowest BCUT2D eigenvalue weighted by atomic mass is 10.2. The zero-order valence-electron chi connectivity index (χ0n) is 8.17. The van der Waals surface area contributed by atoms with Crippen molar-refractivity contribution in [2.45, 2.75) is 20.8 Å². The molecule has 1 aromatic rings. The van der Waals surface area contributed by atoms with Crippen LogP contribution < -0.4 is 4.74 Å². The molecule has 1 rings (SSSR count). The molecule has 0 unspecified atom stereocenters. The standard InChI is InChI=1S/C10H14ClNO/c1-7(2)6-13-10-4-8(3)9(11)5-12-10/h4-5,7H,6H2,1-3H3. The third kappa shape index (κ3) is 3.23. The lowest BCUT2D eigenvalue weighted by Gasteiger charge is -2.08. The zero-order valence-corrected chi connectivity index (χ0v) is 8.93. The van der Waals surface area contributed by atoms with E-state index in [0.717, 1.165) is 5.56 Å². The molecule has 0 bridgehead atoms. The molecule has 0 aliphatic rings. The van der Waals surface area contributed by atoms with Crippen LogP contribution in [0, 0.1) is 12.8 Å². The van der Waals surface area contributed by atoms with Crippen LogP contribution >= 0.6 is 11.6 Å². The molecule has 13 heavy (non-hydrogen) atoms. The van der Waals surface area contributed by atoms with Crippen molar-refractivity contribution < 1.29 is 4.74 Å². The van der Waals surface area contributed by atoms with Crippen molar-refractivity contribution in [2.75, 3.05) is 6.61 Å². The van der Waals surface area contributed by atoms with Gasteiger partial charge in [-0.25, -0.2) is 4.98 Å². The first-order chi connectivity index (χ1) is 6.09. The fourth-order valence-electron chi connectivity index (χ4n) is 0.845. The molecule has 0 aliphatic carbocycles. The number of aromatic nitrogens is 1. The molecule has 0 saturated carbocycles. The first-order valence-corrected chi connectivity index (χ1v) is 4.72. The molecule has 0 radical (unpaired) electrons. The fourth-order valence-corrected chi connectivity index (χ4v) is 0.948. The SMILES string of the molecule is Cc1cc(OCC(C)C)ncc1Cl. The van der Waals surface area contributed by atoms with Gasteiger partial charge in [0.1, 0.15) is 0 Å². The summed E-state index contributed by atoms with van der Waals surface area (Å²) in [5, 5.41) is 0.678. The molecular formula is C10H14ClNO. The highest BCUT2D eigenvalue weighted by Crippen LogP contribution is 2.18. The van der Waals surface area contributed by atoms with E-state index in [-0.39, 0.29) is 0 Å². The Bertz CT molecular complexity index is 286. The van der Waals surface area contributed by atoms with Gasteiger partial charge < -0.3 is 4.74 Å². The van der Waals surface area contributed by atoms with Gasteiger partial charge in [-0.15, -0.1) is 0 Å². The third-order valence-electron chi connectivity index (χ3n) is 1.59. The predicted octanol–water partition coefficient (Wildman–Crippen LogP) is 3.08. The minimum atomic E-state index is 0.512. The summed E-state index contributed by atoms with van der Waals surface area (Å²) in [6, 6.07) is 1.85. The van der Waals surface area contributed by atoms with Gasteiger partial charge in [0.25, 0.3) is 0 Å². The van der Waals surface area contributed by atoms with Gasteiger partial charge in [0.05, 0.1) is 11.6 Å². The molecular weight excluding hydrogens is 186 g/mol. The Labute approximate surface area is 83.9 Å². The van der Waals surface area contributed by atoms with Gasteiger partial charge in [-0.3, -0.25) is 0 Å². The number of hydrogen-bond acceptors (Lipinski definition) is 2. The highest BCUT2D eigenvalue weighted by atomic mass is 35.5. The molecule has 1 aromatic heterocycles. The summed E-state index contributed by atoms with van der Waals surface area (Å²) in [6.45, 7) is 6.83. The summed E-state index contributed by atoms with van der Waals surface area (Å²) in [7, 11) is 0. The van der Waals surface area contributed by atoms with Gasteiger partial charge in [0.15, 0.2) is 0 Å². The molecule has 0 amide bonds. The maximum absolute atomic E-state index is 5.83. The predicted molar refractivity (Wildman–Crippen MR) is 54.3 cm³/mol. The van der Waals surface area contributed by atoms with Crippen LogP contribution in [-0.4, -0.2) is 11.6 Å². The van der Waals surface area contributed by atoms with Crippen LogP contribution in [0.5, 0.6) is 5.88 Å². The van der Waals surface area contributed by atoms with Crippen molar-refractivity contribution in [3.8, 4) is 5.88 Å². The van der Waals surface area contributed by atoms with Crippen LogP contribution in [0.2, 0.25) is 5.02 Å². The molecule has 2 nitrogen and oxygen atoms in total. The minimum Gasteiger partial charge on any atom is -0.477 e. The second kappa shape index (κ2) is 4.47. The zero-order chi connectivity index (χ0) is 9.84. The van der Waals surface area contributed by atoms with Crippen molar-refractivity contribution in [2.24, 2.45) is 5.92 Å². The Morgan fingerprint density at radius 1 is 1.54 bits per heavy atom. The Kier molecular flexibility index (Phi) is 3.55. The molecule has 0 atom stereocenters. The number of rotatable bonds is 3. The Morgan fingerprint density at radius 2 is 2.23 bits per heavy atom. The van der Waals surface area contributed by atoms with E-state index in [4.69, 9.17) is 16.3 Å². The molecule has 3 heteroatoms. The smallest absolute Gasteiger partial charge is 0.213 e. The first-order valence-electron chi connectivity index (χ1n) is 4.34. The summed E-state index contributed by atoms with van der Waals surface area (Å²) < 4.78 is 5.43. The summed E-state index contributed by atoms with van der Waals surface area (Å²) in [5.74, 6) is 1.16. The molecule has 0 aromatic carbocycles. The van der Waals surface area contributed by atoms with E-state index in [1.807, 2.05) is 13.0 Å². The topological polar surface area (TPSA) is 22.1 Å². The minimum absolute atomic E-state index is 0.512. The largest absolute Gasteiger partial charge is 0.477 e. The van der Waals surface area contributed by atoms with Crippen molar-refractivity contribution in [1.29, 1.82) is 0 Å². The number of ether oxygens (including phenoxy) is 1. The van der Waals surface area contributed by atoms with E-state index in [1.165, 1.54) is 0 Å². The van der Waals surface area contributed by atoms with Crippen molar-refractivity contribution in [3.05, 3.63) is 22.8 Å². The van der Waals surface area contributed by atoms with Crippen LogP contribution in [0.4, 0.5) is 0 Å². The number of nitrogens with zero attached hydrogens (tertiary/aromatic N) is 1. The Morgan fingerprint density at radius 3 is 2.77 bits per heavy atom. The average Bonchev–Trinajstić information content (AvgIpc) is 2.07. The molecule has 0 saturated heterocycles. The van der Waals surface area contributed by atoms with E-state index in [0.29, 0.717) is 23.4 Å². The van der Waals surface area contributed by atoms with E-state index in [2.05, 4.69) is 18.8 Å². The molecule has 0 spiro atoms. The molecule has 72 valence electrons. The van der Waals surface area contributed by atoms with Gasteiger partial charge in [0, 0.05) is 12.3 Å². The van der Waals surface area contributed by atoms with E-state index >= 15 is 0 Å². The van der Waals surface area contributed by atoms with Gasteiger partial charge in [-0.2, -0.15) is 0 Å². The maximum Gasteiger partial charge on any atom is 0.213 e. The fraction of sp³-hybridized carbons (Fsp3) is 0.500. The van der Waals surface area contributed by atoms with E-state index in [9.17, 15) is 0 Å². The first kappa shape index (κ1) is 10.3. The number of hydrogen-bond donors (Lipinski definition) is 0. The molecule has 1 heterocycles. The maximum atomic E-state index is 5.83.